The van der Waals surface area contributed by atoms with Crippen molar-refractivity contribution in [3.8, 4) is 0 Å². The van der Waals surface area contributed by atoms with Crippen LogP contribution in [0.4, 0.5) is 0 Å². The number of halogens is 1. The number of amides is 1. The molecule has 1 heterocycles. The van der Waals surface area contributed by atoms with E-state index in [1.165, 1.54) is 0 Å². The fourth-order valence-corrected chi connectivity index (χ4v) is 2.69. The minimum absolute atomic E-state index is 0.0220. The van der Waals surface area contributed by atoms with Gasteiger partial charge in [0.15, 0.2) is 0 Å². The molecule has 0 saturated carbocycles. The number of nitrogens with zero attached hydrogens (tertiary/aromatic N) is 1. The van der Waals surface area contributed by atoms with Gasteiger partial charge in [0.25, 0.3) is 5.91 Å². The van der Waals surface area contributed by atoms with Gasteiger partial charge >= 0.3 is 0 Å². The summed E-state index contributed by atoms with van der Waals surface area (Å²) in [5, 5.41) is 9.77. The van der Waals surface area contributed by atoms with Crippen LogP contribution in [0.3, 0.4) is 0 Å². The molecule has 0 spiro atoms. The first-order valence-electron chi connectivity index (χ1n) is 6.23. The van der Waals surface area contributed by atoms with E-state index in [1.807, 2.05) is 26.0 Å². The van der Waals surface area contributed by atoms with Crippen LogP contribution in [0, 0.1) is 13.8 Å². The number of aliphatic hydroxyl groups is 1. The van der Waals surface area contributed by atoms with Crippen molar-refractivity contribution in [2.45, 2.75) is 32.7 Å². The minimum Gasteiger partial charge on any atom is -0.394 e. The molecule has 98 valence electrons. The van der Waals surface area contributed by atoms with Gasteiger partial charge in [0.1, 0.15) is 0 Å². The van der Waals surface area contributed by atoms with E-state index in [1.54, 1.807) is 4.90 Å². The SMILES string of the molecule is Cc1cc(Cl)c(C(=O)N2CCC[C@H]2CO)cc1C. The molecular formula is C14H18ClNO2. The molecule has 0 aliphatic carbocycles. The number of rotatable bonds is 2. The van der Waals surface area contributed by atoms with Crippen molar-refractivity contribution in [2.75, 3.05) is 13.2 Å². The fourth-order valence-electron chi connectivity index (χ4n) is 2.39. The van der Waals surface area contributed by atoms with Crippen LogP contribution in [-0.2, 0) is 0 Å². The van der Waals surface area contributed by atoms with E-state index in [9.17, 15) is 9.90 Å². The first-order chi connectivity index (χ1) is 8.54. The smallest absolute Gasteiger partial charge is 0.255 e. The molecule has 1 atom stereocenters. The average Bonchev–Trinajstić information content (AvgIpc) is 2.81. The Morgan fingerprint density at radius 3 is 2.78 bits per heavy atom. The highest BCUT2D eigenvalue weighted by molar-refractivity contribution is 6.34. The maximum atomic E-state index is 12.4. The van der Waals surface area contributed by atoms with Crippen molar-refractivity contribution in [1.82, 2.24) is 4.90 Å². The molecule has 4 heteroatoms. The lowest BCUT2D eigenvalue weighted by Gasteiger charge is -2.23. The Hall–Kier alpha value is -1.06. The Bertz CT molecular complexity index is 473. The topological polar surface area (TPSA) is 40.5 Å². The highest BCUT2D eigenvalue weighted by Crippen LogP contribution is 2.26. The van der Waals surface area contributed by atoms with Crippen molar-refractivity contribution in [1.29, 1.82) is 0 Å². The zero-order chi connectivity index (χ0) is 13.3. The molecule has 0 bridgehead atoms. The van der Waals surface area contributed by atoms with Crippen molar-refractivity contribution in [3.05, 3.63) is 33.8 Å². The summed E-state index contributed by atoms with van der Waals surface area (Å²) in [7, 11) is 0. The largest absolute Gasteiger partial charge is 0.394 e. The first-order valence-corrected chi connectivity index (χ1v) is 6.61. The van der Waals surface area contributed by atoms with Crippen LogP contribution >= 0.6 is 11.6 Å². The molecule has 1 N–H and O–H groups in total. The lowest BCUT2D eigenvalue weighted by Crippen LogP contribution is -2.37. The Kier molecular flexibility index (Phi) is 3.93. The lowest BCUT2D eigenvalue weighted by atomic mass is 10.0. The molecule has 0 aromatic heterocycles. The number of hydrogen-bond donors (Lipinski definition) is 1. The number of carbonyl (C=O) groups excluding carboxylic acids is 1. The van der Waals surface area contributed by atoms with Gasteiger partial charge in [0, 0.05) is 6.54 Å². The second kappa shape index (κ2) is 5.29. The molecule has 0 radical (unpaired) electrons. The summed E-state index contributed by atoms with van der Waals surface area (Å²) in [6.45, 7) is 4.67. The normalized spacial score (nSPS) is 19.3. The molecule has 18 heavy (non-hydrogen) atoms. The predicted molar refractivity (Wildman–Crippen MR) is 72.1 cm³/mol. The number of aryl methyl sites for hydroxylation is 2. The van der Waals surface area contributed by atoms with Crippen LogP contribution in [0.25, 0.3) is 0 Å². The summed E-state index contributed by atoms with van der Waals surface area (Å²) >= 11 is 6.16. The van der Waals surface area contributed by atoms with E-state index >= 15 is 0 Å². The number of benzene rings is 1. The molecule has 1 aliphatic heterocycles. The van der Waals surface area contributed by atoms with Gasteiger partial charge in [-0.25, -0.2) is 0 Å². The van der Waals surface area contributed by atoms with E-state index in [2.05, 4.69) is 0 Å². The maximum absolute atomic E-state index is 12.4. The summed E-state index contributed by atoms with van der Waals surface area (Å²) in [4.78, 5) is 14.2. The zero-order valence-corrected chi connectivity index (χ0v) is 11.5. The van der Waals surface area contributed by atoms with Gasteiger partial charge in [-0.2, -0.15) is 0 Å². The highest BCUT2D eigenvalue weighted by atomic mass is 35.5. The summed E-state index contributed by atoms with van der Waals surface area (Å²) < 4.78 is 0. The molecular weight excluding hydrogens is 250 g/mol. The van der Waals surface area contributed by atoms with Crippen molar-refractivity contribution in [2.24, 2.45) is 0 Å². The molecule has 1 fully saturated rings. The van der Waals surface area contributed by atoms with E-state index in [0.717, 1.165) is 24.0 Å². The van der Waals surface area contributed by atoms with Crippen LogP contribution in [0.1, 0.15) is 34.3 Å². The third-order valence-corrected chi connectivity index (χ3v) is 3.98. The van der Waals surface area contributed by atoms with E-state index in [4.69, 9.17) is 11.6 Å². The molecule has 1 aromatic carbocycles. The average molecular weight is 268 g/mol. The van der Waals surface area contributed by atoms with Gasteiger partial charge in [-0.05, 0) is 49.9 Å². The van der Waals surface area contributed by atoms with E-state index in [0.29, 0.717) is 17.1 Å². The molecule has 1 amide bonds. The van der Waals surface area contributed by atoms with Gasteiger partial charge in [-0.3, -0.25) is 4.79 Å². The van der Waals surface area contributed by atoms with Gasteiger partial charge in [0.2, 0.25) is 0 Å². The number of carbonyl (C=O) groups is 1. The van der Waals surface area contributed by atoms with Crippen LogP contribution in [0.5, 0.6) is 0 Å². The molecule has 3 nitrogen and oxygen atoms in total. The molecule has 1 aromatic rings. The van der Waals surface area contributed by atoms with Crippen LogP contribution < -0.4 is 0 Å². The summed E-state index contributed by atoms with van der Waals surface area (Å²) in [5.74, 6) is -0.0698. The Morgan fingerprint density at radius 2 is 2.11 bits per heavy atom. The van der Waals surface area contributed by atoms with Gasteiger partial charge in [-0.1, -0.05) is 11.6 Å². The molecule has 2 rings (SSSR count). The first kappa shape index (κ1) is 13.4. The summed E-state index contributed by atoms with van der Waals surface area (Å²) in [5.41, 5.74) is 2.68. The number of hydrogen-bond acceptors (Lipinski definition) is 2. The van der Waals surface area contributed by atoms with Crippen LogP contribution in [0.15, 0.2) is 12.1 Å². The van der Waals surface area contributed by atoms with Crippen molar-refractivity contribution >= 4 is 17.5 Å². The van der Waals surface area contributed by atoms with Crippen molar-refractivity contribution in [3.63, 3.8) is 0 Å². The fraction of sp³-hybridized carbons (Fsp3) is 0.500. The second-order valence-corrected chi connectivity index (χ2v) is 5.30. The predicted octanol–water partition coefficient (Wildman–Crippen LogP) is 2.55. The molecule has 1 aliphatic rings. The summed E-state index contributed by atoms with van der Waals surface area (Å²) in [6, 6.07) is 3.61. The standard InChI is InChI=1S/C14H18ClNO2/c1-9-6-12(13(15)7-10(9)2)14(18)16-5-3-4-11(16)8-17/h6-7,11,17H,3-5,8H2,1-2H3/t11-/m0/s1. The third kappa shape index (κ3) is 2.38. The number of likely N-dealkylation sites (tertiary alicyclic amines) is 1. The second-order valence-electron chi connectivity index (χ2n) is 4.89. The van der Waals surface area contributed by atoms with Gasteiger partial charge < -0.3 is 10.0 Å². The minimum atomic E-state index is -0.0698. The maximum Gasteiger partial charge on any atom is 0.255 e. The zero-order valence-electron chi connectivity index (χ0n) is 10.7. The van der Waals surface area contributed by atoms with Gasteiger partial charge in [-0.15, -0.1) is 0 Å². The van der Waals surface area contributed by atoms with Crippen LogP contribution in [-0.4, -0.2) is 35.1 Å². The Morgan fingerprint density at radius 1 is 1.44 bits per heavy atom. The van der Waals surface area contributed by atoms with Crippen LogP contribution in [0.2, 0.25) is 5.02 Å². The van der Waals surface area contributed by atoms with Crippen molar-refractivity contribution < 1.29 is 9.90 Å². The molecule has 1 saturated heterocycles. The highest BCUT2D eigenvalue weighted by Gasteiger charge is 2.29. The van der Waals surface area contributed by atoms with E-state index < -0.39 is 0 Å². The monoisotopic (exact) mass is 267 g/mol. The number of aliphatic hydroxyl groups excluding tert-OH is 1. The lowest BCUT2D eigenvalue weighted by molar-refractivity contribution is 0.0677. The van der Waals surface area contributed by atoms with E-state index in [-0.39, 0.29) is 18.6 Å². The molecule has 0 unspecified atom stereocenters. The quantitative estimate of drug-likeness (QED) is 0.895. The summed E-state index contributed by atoms with van der Waals surface area (Å²) in [6.07, 6.45) is 1.81. The third-order valence-electron chi connectivity index (χ3n) is 3.66. The Labute approximate surface area is 112 Å². The Balaban J connectivity index is 2.31. The van der Waals surface area contributed by atoms with Gasteiger partial charge in [0.05, 0.1) is 23.2 Å².